The number of aliphatic imine (C=N–C) groups is 1. The van der Waals surface area contributed by atoms with Crippen molar-refractivity contribution < 1.29 is 0 Å². The topological polar surface area (TPSA) is 58.3 Å². The summed E-state index contributed by atoms with van der Waals surface area (Å²) in [6, 6.07) is 8.67. The number of benzene rings is 1. The Kier molecular flexibility index (Phi) is 5.93. The van der Waals surface area contributed by atoms with E-state index in [9.17, 15) is 0 Å². The maximum Gasteiger partial charge on any atom is 0.194 e. The lowest BCUT2D eigenvalue weighted by atomic mass is 10.0. The molecule has 2 aliphatic heterocycles. The normalized spacial score (nSPS) is 16.7. The van der Waals surface area contributed by atoms with Crippen molar-refractivity contribution in [2.45, 2.75) is 45.3 Å². The summed E-state index contributed by atoms with van der Waals surface area (Å²) >= 11 is 0. The van der Waals surface area contributed by atoms with Crippen molar-refractivity contribution in [2.24, 2.45) is 4.99 Å². The van der Waals surface area contributed by atoms with Crippen LogP contribution in [0.3, 0.4) is 0 Å². The van der Waals surface area contributed by atoms with Crippen LogP contribution in [0.2, 0.25) is 0 Å². The van der Waals surface area contributed by atoms with E-state index in [2.05, 4.69) is 54.2 Å². The maximum atomic E-state index is 4.47. The van der Waals surface area contributed by atoms with E-state index in [4.69, 9.17) is 0 Å². The zero-order valence-electron chi connectivity index (χ0n) is 14.6. The molecule has 7 heteroatoms. The van der Waals surface area contributed by atoms with Crippen LogP contribution in [0.1, 0.15) is 35.6 Å². The number of hydrogen-bond acceptors (Lipinski definition) is 3. The van der Waals surface area contributed by atoms with Gasteiger partial charge in [-0.3, -0.25) is 4.99 Å². The second-order valence-electron chi connectivity index (χ2n) is 6.48. The highest BCUT2D eigenvalue weighted by atomic mass is 127. The van der Waals surface area contributed by atoms with E-state index in [0.717, 1.165) is 50.1 Å². The summed E-state index contributed by atoms with van der Waals surface area (Å²) in [5.41, 5.74) is 2.85. The first-order valence-electron chi connectivity index (χ1n) is 8.78. The highest BCUT2D eigenvalue weighted by molar-refractivity contribution is 14.0. The molecule has 0 saturated heterocycles. The molecule has 0 bridgehead atoms. The predicted octanol–water partition coefficient (Wildman–Crippen LogP) is 2.37. The second-order valence-corrected chi connectivity index (χ2v) is 6.48. The minimum absolute atomic E-state index is 0. The van der Waals surface area contributed by atoms with Crippen molar-refractivity contribution in [3.63, 3.8) is 0 Å². The van der Waals surface area contributed by atoms with Crippen LogP contribution in [0.5, 0.6) is 0 Å². The lowest BCUT2D eigenvalue weighted by molar-refractivity contribution is 0.377. The van der Waals surface area contributed by atoms with E-state index in [0.29, 0.717) is 6.54 Å². The Balaban J connectivity index is 0.00000182. The average Bonchev–Trinajstić information content (AvgIpc) is 3.05. The number of aryl methyl sites for hydroxylation is 1. The molecule has 0 aliphatic carbocycles. The van der Waals surface area contributed by atoms with Crippen molar-refractivity contribution in [3.8, 4) is 0 Å². The van der Waals surface area contributed by atoms with Crippen molar-refractivity contribution in [1.82, 2.24) is 25.0 Å². The first kappa shape index (κ1) is 18.2. The van der Waals surface area contributed by atoms with Gasteiger partial charge in [-0.15, -0.1) is 34.2 Å². The molecule has 1 aromatic heterocycles. The lowest BCUT2D eigenvalue weighted by Gasteiger charge is -2.31. The molecule has 1 aromatic carbocycles. The fourth-order valence-electron chi connectivity index (χ4n) is 3.67. The van der Waals surface area contributed by atoms with Crippen LogP contribution in [0.15, 0.2) is 29.3 Å². The summed E-state index contributed by atoms with van der Waals surface area (Å²) in [6.07, 6.45) is 4.55. The Labute approximate surface area is 165 Å². The van der Waals surface area contributed by atoms with E-state index >= 15 is 0 Å². The lowest BCUT2D eigenvalue weighted by Crippen LogP contribution is -2.44. The number of aromatic nitrogens is 3. The molecule has 1 N–H and O–H groups in total. The van der Waals surface area contributed by atoms with Gasteiger partial charge in [0, 0.05) is 33.1 Å². The number of hydrogen-bond donors (Lipinski definition) is 1. The van der Waals surface area contributed by atoms with Crippen LogP contribution in [-0.4, -0.2) is 39.2 Å². The van der Waals surface area contributed by atoms with Gasteiger partial charge in [0.05, 0.1) is 6.54 Å². The third-order valence-electron chi connectivity index (χ3n) is 4.98. The van der Waals surface area contributed by atoms with Gasteiger partial charge in [0.25, 0.3) is 0 Å². The van der Waals surface area contributed by atoms with Crippen LogP contribution in [0.25, 0.3) is 0 Å². The summed E-state index contributed by atoms with van der Waals surface area (Å²) in [5, 5.41) is 12.2. The third kappa shape index (κ3) is 3.80. The first-order chi connectivity index (χ1) is 11.8. The quantitative estimate of drug-likeness (QED) is 0.432. The molecule has 25 heavy (non-hydrogen) atoms. The smallest absolute Gasteiger partial charge is 0.194 e. The SMILES string of the molecule is CN=C(NCc1nnc2n1CCCC2)N1CCc2ccccc2C1.I. The molecule has 2 aliphatic rings. The molecular weight excluding hydrogens is 427 g/mol. The van der Waals surface area contributed by atoms with Crippen LogP contribution in [0, 0.1) is 0 Å². The number of fused-ring (bicyclic) bond motifs is 2. The molecule has 0 saturated carbocycles. The number of halogens is 1. The van der Waals surface area contributed by atoms with Crippen LogP contribution < -0.4 is 5.32 Å². The fourth-order valence-corrected chi connectivity index (χ4v) is 3.67. The summed E-state index contributed by atoms with van der Waals surface area (Å²) in [7, 11) is 1.85. The van der Waals surface area contributed by atoms with E-state index in [1.807, 2.05) is 7.05 Å². The van der Waals surface area contributed by atoms with E-state index < -0.39 is 0 Å². The van der Waals surface area contributed by atoms with Gasteiger partial charge in [0.15, 0.2) is 11.8 Å². The molecule has 134 valence electrons. The molecule has 2 aromatic rings. The summed E-state index contributed by atoms with van der Waals surface area (Å²) in [4.78, 5) is 6.79. The van der Waals surface area contributed by atoms with Crippen LogP contribution >= 0.6 is 24.0 Å². The Morgan fingerprint density at radius 2 is 1.96 bits per heavy atom. The Bertz CT molecular complexity index is 754. The van der Waals surface area contributed by atoms with Crippen LogP contribution in [0.4, 0.5) is 0 Å². The molecule has 6 nitrogen and oxygen atoms in total. The first-order valence-corrected chi connectivity index (χ1v) is 8.78. The Morgan fingerprint density at radius 3 is 2.80 bits per heavy atom. The molecule has 0 atom stereocenters. The van der Waals surface area contributed by atoms with Gasteiger partial charge in [-0.2, -0.15) is 0 Å². The highest BCUT2D eigenvalue weighted by Crippen LogP contribution is 2.19. The van der Waals surface area contributed by atoms with Gasteiger partial charge in [0.1, 0.15) is 5.82 Å². The molecule has 0 amide bonds. The minimum Gasteiger partial charge on any atom is -0.349 e. The van der Waals surface area contributed by atoms with Crippen LogP contribution in [-0.2, 0) is 32.5 Å². The molecule has 3 heterocycles. The van der Waals surface area contributed by atoms with Crippen molar-refractivity contribution >= 4 is 29.9 Å². The van der Waals surface area contributed by atoms with E-state index in [1.54, 1.807) is 0 Å². The Morgan fingerprint density at radius 1 is 1.12 bits per heavy atom. The molecular formula is C18H25IN6. The third-order valence-corrected chi connectivity index (χ3v) is 4.98. The summed E-state index contributed by atoms with van der Waals surface area (Å²) in [6.45, 7) is 3.62. The molecule has 0 spiro atoms. The monoisotopic (exact) mass is 452 g/mol. The minimum atomic E-state index is 0. The predicted molar refractivity (Wildman–Crippen MR) is 109 cm³/mol. The van der Waals surface area contributed by atoms with Crippen molar-refractivity contribution in [3.05, 3.63) is 47.0 Å². The van der Waals surface area contributed by atoms with Gasteiger partial charge < -0.3 is 14.8 Å². The van der Waals surface area contributed by atoms with Gasteiger partial charge in [0.2, 0.25) is 0 Å². The van der Waals surface area contributed by atoms with Gasteiger partial charge in [-0.25, -0.2) is 0 Å². The number of nitrogens with one attached hydrogen (secondary N) is 1. The molecule has 0 radical (unpaired) electrons. The summed E-state index contributed by atoms with van der Waals surface area (Å²) < 4.78 is 2.26. The van der Waals surface area contributed by atoms with Crippen molar-refractivity contribution in [2.75, 3.05) is 13.6 Å². The summed E-state index contributed by atoms with van der Waals surface area (Å²) in [5.74, 6) is 3.08. The van der Waals surface area contributed by atoms with E-state index in [-0.39, 0.29) is 24.0 Å². The second kappa shape index (κ2) is 8.16. The Hall–Kier alpha value is -1.64. The van der Waals surface area contributed by atoms with Gasteiger partial charge in [-0.1, -0.05) is 24.3 Å². The number of rotatable bonds is 2. The number of guanidine groups is 1. The zero-order chi connectivity index (χ0) is 16.4. The van der Waals surface area contributed by atoms with E-state index in [1.165, 1.54) is 24.0 Å². The fraction of sp³-hybridized carbons (Fsp3) is 0.500. The molecule has 0 unspecified atom stereocenters. The number of nitrogens with zero attached hydrogens (tertiary/aromatic N) is 5. The van der Waals surface area contributed by atoms with Crippen molar-refractivity contribution in [1.29, 1.82) is 0 Å². The highest BCUT2D eigenvalue weighted by Gasteiger charge is 2.20. The molecule has 0 fully saturated rings. The molecule has 4 rings (SSSR count). The van der Waals surface area contributed by atoms with Gasteiger partial charge >= 0.3 is 0 Å². The standard InChI is InChI=1S/C18H24N6.HI/c1-19-18(23-11-9-14-6-2-3-7-15(14)13-23)20-12-17-22-21-16-8-4-5-10-24(16)17;/h2-3,6-7H,4-5,8-13H2,1H3,(H,19,20);1H. The average molecular weight is 452 g/mol. The maximum absolute atomic E-state index is 4.47. The zero-order valence-corrected chi connectivity index (χ0v) is 16.9. The van der Waals surface area contributed by atoms with Gasteiger partial charge in [-0.05, 0) is 30.4 Å². The largest absolute Gasteiger partial charge is 0.349 e.